The highest BCUT2D eigenvalue weighted by atomic mass is 16.5. The highest BCUT2D eigenvalue weighted by Crippen LogP contribution is 2.08. The average molecular weight is 271 g/mol. The van der Waals surface area contributed by atoms with E-state index in [1.165, 1.54) is 0 Å². The van der Waals surface area contributed by atoms with Gasteiger partial charge in [0.25, 0.3) is 0 Å². The fourth-order valence-electron chi connectivity index (χ4n) is 2.22. The Bertz CT molecular complexity index is 244. The Hall–Kier alpha value is -0.160. The summed E-state index contributed by atoms with van der Waals surface area (Å²) in [6.07, 6.45) is 1.13. The Morgan fingerprint density at radius 1 is 0.947 bits per heavy atom. The molecule has 1 aliphatic heterocycles. The van der Waals surface area contributed by atoms with Crippen molar-refractivity contribution in [3.8, 4) is 0 Å². The number of hydrogen-bond acceptors (Lipinski definition) is 4. The summed E-state index contributed by atoms with van der Waals surface area (Å²) >= 11 is 0. The predicted molar refractivity (Wildman–Crippen MR) is 81.2 cm³/mol. The topological polar surface area (TPSA) is 27.7 Å². The molecule has 4 nitrogen and oxygen atoms in total. The number of nitrogens with zero attached hydrogens (tertiary/aromatic N) is 2. The molecular weight excluding hydrogens is 238 g/mol. The van der Waals surface area contributed by atoms with Crippen molar-refractivity contribution in [1.82, 2.24) is 15.3 Å². The predicted octanol–water partition coefficient (Wildman–Crippen LogP) is 2.11. The lowest BCUT2D eigenvalue weighted by Crippen LogP contribution is -2.57. The Morgan fingerprint density at radius 2 is 1.53 bits per heavy atom. The third-order valence-corrected chi connectivity index (χ3v) is 3.02. The molecule has 0 radical (unpaired) electrons. The number of ether oxygens (including phenoxy) is 1. The first kappa shape index (κ1) is 16.9. The van der Waals surface area contributed by atoms with Crippen LogP contribution in [-0.4, -0.2) is 60.4 Å². The molecule has 19 heavy (non-hydrogen) atoms. The van der Waals surface area contributed by atoms with E-state index in [1.54, 1.807) is 0 Å². The van der Waals surface area contributed by atoms with E-state index in [2.05, 4.69) is 56.9 Å². The van der Waals surface area contributed by atoms with E-state index in [4.69, 9.17) is 4.74 Å². The van der Waals surface area contributed by atoms with Crippen molar-refractivity contribution >= 4 is 0 Å². The van der Waals surface area contributed by atoms with Gasteiger partial charge in [0.1, 0.15) is 0 Å². The summed E-state index contributed by atoms with van der Waals surface area (Å²) < 4.78 is 5.76. The van der Waals surface area contributed by atoms with Gasteiger partial charge in [0.2, 0.25) is 0 Å². The fourth-order valence-corrected chi connectivity index (χ4v) is 2.22. The van der Waals surface area contributed by atoms with Gasteiger partial charge in [-0.2, -0.15) is 0 Å². The summed E-state index contributed by atoms with van der Waals surface area (Å²) in [5.41, 5.74) is 3.71. The first-order valence-corrected chi connectivity index (χ1v) is 7.55. The van der Waals surface area contributed by atoms with E-state index in [-0.39, 0.29) is 11.1 Å². The van der Waals surface area contributed by atoms with Gasteiger partial charge < -0.3 is 9.64 Å². The van der Waals surface area contributed by atoms with Gasteiger partial charge in [-0.25, -0.2) is 10.4 Å². The number of piperazine rings is 1. The van der Waals surface area contributed by atoms with Crippen LogP contribution in [0.5, 0.6) is 0 Å². The third kappa shape index (κ3) is 8.58. The molecule has 1 saturated heterocycles. The van der Waals surface area contributed by atoms with Crippen LogP contribution in [0.3, 0.4) is 0 Å². The summed E-state index contributed by atoms with van der Waals surface area (Å²) in [5, 5.41) is 2.35. The second-order valence-electron chi connectivity index (χ2n) is 7.50. The number of nitrogens with one attached hydrogen (secondary N) is 1. The van der Waals surface area contributed by atoms with Gasteiger partial charge in [-0.3, -0.25) is 0 Å². The van der Waals surface area contributed by atoms with Gasteiger partial charge in [-0.1, -0.05) is 0 Å². The number of rotatable bonds is 5. The van der Waals surface area contributed by atoms with E-state index in [0.717, 1.165) is 45.8 Å². The first-order valence-electron chi connectivity index (χ1n) is 7.55. The van der Waals surface area contributed by atoms with E-state index < -0.39 is 0 Å². The molecule has 0 aromatic heterocycles. The smallest absolute Gasteiger partial charge is 0.0598 e. The molecule has 0 spiro atoms. The molecule has 0 aliphatic carbocycles. The zero-order valence-electron chi connectivity index (χ0n) is 13.8. The lowest BCUT2D eigenvalue weighted by atomic mass is 10.1. The van der Waals surface area contributed by atoms with Gasteiger partial charge >= 0.3 is 0 Å². The van der Waals surface area contributed by atoms with E-state index in [9.17, 15) is 0 Å². The normalized spacial score (nSPS) is 19.9. The number of hydrogen-bond donors (Lipinski definition) is 1. The van der Waals surface area contributed by atoms with Gasteiger partial charge in [0.15, 0.2) is 0 Å². The molecule has 1 rings (SSSR count). The highest BCUT2D eigenvalue weighted by molar-refractivity contribution is 4.75. The van der Waals surface area contributed by atoms with Crippen molar-refractivity contribution in [2.75, 3.05) is 39.3 Å². The highest BCUT2D eigenvalue weighted by Gasteiger charge is 2.20. The molecule has 1 aliphatic rings. The molecule has 114 valence electrons. The summed E-state index contributed by atoms with van der Waals surface area (Å²) in [7, 11) is 0. The van der Waals surface area contributed by atoms with Crippen LogP contribution in [-0.2, 0) is 4.74 Å². The Balaban J connectivity index is 2.10. The van der Waals surface area contributed by atoms with Crippen molar-refractivity contribution < 1.29 is 4.74 Å². The molecule has 1 heterocycles. The molecule has 0 saturated carbocycles. The average Bonchev–Trinajstić information content (AvgIpc) is 2.23. The maximum atomic E-state index is 5.76. The summed E-state index contributed by atoms with van der Waals surface area (Å²) in [4.78, 5) is 2.53. The molecule has 0 aromatic carbocycles. The molecule has 0 unspecified atom stereocenters. The van der Waals surface area contributed by atoms with Crippen LogP contribution in [0.2, 0.25) is 0 Å². The van der Waals surface area contributed by atoms with E-state index in [0.29, 0.717) is 0 Å². The maximum absolute atomic E-state index is 5.76. The fraction of sp³-hybridized carbons (Fsp3) is 1.00. The summed E-state index contributed by atoms with van der Waals surface area (Å²) in [5.74, 6) is 0. The van der Waals surface area contributed by atoms with Crippen molar-refractivity contribution in [3.63, 3.8) is 0 Å². The lowest BCUT2D eigenvalue weighted by Gasteiger charge is -2.38. The van der Waals surface area contributed by atoms with Crippen molar-refractivity contribution in [2.45, 2.75) is 59.1 Å². The van der Waals surface area contributed by atoms with Crippen molar-refractivity contribution in [3.05, 3.63) is 0 Å². The van der Waals surface area contributed by atoms with Gasteiger partial charge in [-0.15, -0.1) is 0 Å². The third-order valence-electron chi connectivity index (χ3n) is 3.02. The summed E-state index contributed by atoms with van der Waals surface area (Å²) in [6.45, 7) is 19.5. The van der Waals surface area contributed by atoms with Crippen LogP contribution in [0.1, 0.15) is 48.0 Å². The molecule has 4 heteroatoms. The SMILES string of the molecule is CC(C)(C)NN1CCN(CCCOC(C)(C)C)CC1. The molecule has 1 N–H and O–H groups in total. The molecular formula is C15H33N3O. The lowest BCUT2D eigenvalue weighted by molar-refractivity contribution is -0.00999. The standard InChI is InChI=1S/C15H33N3O/c1-14(2,3)16-18-11-9-17(10-12-18)8-7-13-19-15(4,5)6/h16H,7-13H2,1-6H3. The van der Waals surface area contributed by atoms with Crippen LogP contribution in [0.25, 0.3) is 0 Å². The van der Waals surface area contributed by atoms with Crippen molar-refractivity contribution in [1.29, 1.82) is 0 Å². The minimum atomic E-state index is -0.00464. The van der Waals surface area contributed by atoms with Gasteiger partial charge in [-0.05, 0) is 48.0 Å². The largest absolute Gasteiger partial charge is 0.376 e. The van der Waals surface area contributed by atoms with E-state index in [1.807, 2.05) is 0 Å². The quantitative estimate of drug-likeness (QED) is 0.775. The summed E-state index contributed by atoms with van der Waals surface area (Å²) in [6, 6.07) is 0. The maximum Gasteiger partial charge on any atom is 0.0598 e. The molecule has 0 atom stereocenters. The van der Waals surface area contributed by atoms with Crippen LogP contribution < -0.4 is 5.43 Å². The monoisotopic (exact) mass is 271 g/mol. The van der Waals surface area contributed by atoms with Crippen molar-refractivity contribution in [2.24, 2.45) is 0 Å². The molecule has 1 fully saturated rings. The molecule has 0 amide bonds. The second-order valence-corrected chi connectivity index (χ2v) is 7.50. The van der Waals surface area contributed by atoms with Gasteiger partial charge in [0.05, 0.1) is 5.60 Å². The first-order chi connectivity index (χ1) is 8.66. The van der Waals surface area contributed by atoms with Gasteiger partial charge in [0, 0.05) is 44.9 Å². The Labute approximate surface area is 119 Å². The molecule has 0 aromatic rings. The van der Waals surface area contributed by atoms with Crippen LogP contribution in [0, 0.1) is 0 Å². The zero-order valence-corrected chi connectivity index (χ0v) is 13.8. The van der Waals surface area contributed by atoms with Crippen LogP contribution in [0.15, 0.2) is 0 Å². The minimum Gasteiger partial charge on any atom is -0.376 e. The number of hydrazine groups is 1. The van der Waals surface area contributed by atoms with Crippen LogP contribution >= 0.6 is 0 Å². The molecule has 0 bridgehead atoms. The van der Waals surface area contributed by atoms with Crippen LogP contribution in [0.4, 0.5) is 0 Å². The zero-order chi connectivity index (χ0) is 14.5. The Morgan fingerprint density at radius 3 is 2.00 bits per heavy atom. The minimum absolute atomic E-state index is 0.00464. The second kappa shape index (κ2) is 7.02. The Kier molecular flexibility index (Phi) is 6.24. The van der Waals surface area contributed by atoms with E-state index >= 15 is 0 Å².